The first-order chi connectivity index (χ1) is 6.25. The highest BCUT2D eigenvalue weighted by Crippen LogP contribution is 2.24. The number of nitrogens with two attached hydrogens (primary N) is 1. The van der Waals surface area contributed by atoms with Crippen LogP contribution in [-0.4, -0.2) is 4.98 Å². The summed E-state index contributed by atoms with van der Waals surface area (Å²) in [6, 6.07) is 7.75. The SMILES string of the molecule is Nc1ccc(-c2c[nH]c(=S)s2)cc1. The van der Waals surface area contributed by atoms with E-state index in [1.807, 2.05) is 30.5 Å². The summed E-state index contributed by atoms with van der Waals surface area (Å²) in [6.07, 6.45) is 1.92. The number of nitrogen functional groups attached to an aromatic ring is 1. The molecule has 1 heterocycles. The molecule has 0 radical (unpaired) electrons. The van der Waals surface area contributed by atoms with Crippen molar-refractivity contribution in [3.8, 4) is 10.4 Å². The maximum absolute atomic E-state index is 5.58. The lowest BCUT2D eigenvalue weighted by Crippen LogP contribution is -1.82. The van der Waals surface area contributed by atoms with Crippen molar-refractivity contribution in [2.75, 3.05) is 5.73 Å². The highest BCUT2D eigenvalue weighted by molar-refractivity contribution is 7.73. The molecule has 0 bridgehead atoms. The van der Waals surface area contributed by atoms with Crippen LogP contribution in [0.3, 0.4) is 0 Å². The normalized spacial score (nSPS) is 10.2. The van der Waals surface area contributed by atoms with Gasteiger partial charge in [-0.25, -0.2) is 0 Å². The van der Waals surface area contributed by atoms with E-state index in [2.05, 4.69) is 4.98 Å². The minimum atomic E-state index is 0.780. The second kappa shape index (κ2) is 3.32. The van der Waals surface area contributed by atoms with Gasteiger partial charge >= 0.3 is 0 Å². The van der Waals surface area contributed by atoms with Crippen LogP contribution in [-0.2, 0) is 0 Å². The first kappa shape index (κ1) is 8.47. The van der Waals surface area contributed by atoms with Crippen LogP contribution >= 0.6 is 23.6 Å². The van der Waals surface area contributed by atoms with Crippen molar-refractivity contribution in [1.82, 2.24) is 4.98 Å². The van der Waals surface area contributed by atoms with Crippen LogP contribution in [0.15, 0.2) is 30.5 Å². The van der Waals surface area contributed by atoms with Crippen LogP contribution in [0.2, 0.25) is 0 Å². The zero-order valence-corrected chi connectivity index (χ0v) is 8.41. The van der Waals surface area contributed by atoms with Crippen LogP contribution in [0, 0.1) is 3.95 Å². The van der Waals surface area contributed by atoms with E-state index < -0.39 is 0 Å². The molecule has 0 saturated heterocycles. The van der Waals surface area contributed by atoms with Gasteiger partial charge in [0.2, 0.25) is 0 Å². The molecule has 1 aromatic heterocycles. The quantitative estimate of drug-likeness (QED) is 0.558. The van der Waals surface area contributed by atoms with Crippen molar-refractivity contribution in [3.05, 3.63) is 34.4 Å². The average Bonchev–Trinajstić information content (AvgIpc) is 2.53. The molecule has 0 unspecified atom stereocenters. The molecular weight excluding hydrogens is 200 g/mol. The summed E-state index contributed by atoms with van der Waals surface area (Å²) in [7, 11) is 0. The van der Waals surface area contributed by atoms with E-state index >= 15 is 0 Å². The van der Waals surface area contributed by atoms with Crippen molar-refractivity contribution in [2.24, 2.45) is 0 Å². The molecule has 3 N–H and O–H groups in total. The van der Waals surface area contributed by atoms with Gasteiger partial charge in [-0.3, -0.25) is 0 Å². The average molecular weight is 208 g/mol. The van der Waals surface area contributed by atoms with Crippen molar-refractivity contribution >= 4 is 29.2 Å². The fourth-order valence-electron chi connectivity index (χ4n) is 1.07. The number of hydrogen-bond acceptors (Lipinski definition) is 3. The molecule has 0 atom stereocenters. The number of nitrogens with one attached hydrogen (secondary N) is 1. The van der Waals surface area contributed by atoms with Gasteiger partial charge in [0.25, 0.3) is 0 Å². The Morgan fingerprint density at radius 3 is 2.46 bits per heavy atom. The Hall–Kier alpha value is -1.13. The van der Waals surface area contributed by atoms with E-state index in [0.717, 1.165) is 20.1 Å². The number of aromatic nitrogens is 1. The first-order valence-electron chi connectivity index (χ1n) is 3.80. The summed E-state index contributed by atoms with van der Waals surface area (Å²) in [5, 5.41) is 0. The van der Waals surface area contributed by atoms with Crippen LogP contribution in [0.1, 0.15) is 0 Å². The molecule has 0 aliphatic carbocycles. The summed E-state index contributed by atoms with van der Waals surface area (Å²) in [5.74, 6) is 0. The highest BCUT2D eigenvalue weighted by atomic mass is 32.1. The van der Waals surface area contributed by atoms with E-state index in [1.54, 1.807) is 11.3 Å². The summed E-state index contributed by atoms with van der Waals surface area (Å²) in [5.41, 5.74) is 7.51. The van der Waals surface area contributed by atoms with Crippen molar-refractivity contribution in [1.29, 1.82) is 0 Å². The van der Waals surface area contributed by atoms with E-state index in [4.69, 9.17) is 18.0 Å². The molecule has 0 aliphatic heterocycles. The largest absolute Gasteiger partial charge is 0.399 e. The molecule has 0 amide bonds. The summed E-state index contributed by atoms with van der Waals surface area (Å²) < 4.78 is 0.798. The molecular formula is C9H8N2S2. The lowest BCUT2D eigenvalue weighted by Gasteiger charge is -1.96. The Morgan fingerprint density at radius 1 is 1.23 bits per heavy atom. The van der Waals surface area contributed by atoms with Crippen molar-refractivity contribution in [2.45, 2.75) is 0 Å². The third kappa shape index (κ3) is 1.79. The van der Waals surface area contributed by atoms with E-state index in [1.165, 1.54) is 0 Å². The number of H-pyrrole nitrogens is 1. The van der Waals surface area contributed by atoms with E-state index in [-0.39, 0.29) is 0 Å². The van der Waals surface area contributed by atoms with Crippen molar-refractivity contribution in [3.63, 3.8) is 0 Å². The van der Waals surface area contributed by atoms with Crippen LogP contribution in [0.5, 0.6) is 0 Å². The lowest BCUT2D eigenvalue weighted by molar-refractivity contribution is 1.40. The summed E-state index contributed by atoms with van der Waals surface area (Å²) in [6.45, 7) is 0. The van der Waals surface area contributed by atoms with Crippen LogP contribution < -0.4 is 5.73 Å². The second-order valence-electron chi connectivity index (χ2n) is 2.66. The lowest BCUT2D eigenvalue weighted by atomic mass is 10.2. The maximum atomic E-state index is 5.58. The minimum absolute atomic E-state index is 0.780. The molecule has 0 saturated carbocycles. The van der Waals surface area contributed by atoms with Gasteiger partial charge in [0, 0.05) is 11.9 Å². The molecule has 1 aromatic carbocycles. The maximum Gasteiger partial charge on any atom is 0.158 e. The topological polar surface area (TPSA) is 41.8 Å². The summed E-state index contributed by atoms with van der Waals surface area (Å²) in [4.78, 5) is 4.13. The molecule has 0 spiro atoms. The fraction of sp³-hybridized carbons (Fsp3) is 0. The first-order valence-corrected chi connectivity index (χ1v) is 5.02. The zero-order chi connectivity index (χ0) is 9.26. The predicted molar refractivity (Wildman–Crippen MR) is 59.4 cm³/mol. The number of hydrogen-bond donors (Lipinski definition) is 2. The number of rotatable bonds is 1. The third-order valence-corrected chi connectivity index (χ3v) is 2.96. The van der Waals surface area contributed by atoms with Gasteiger partial charge in [-0.1, -0.05) is 12.1 Å². The highest BCUT2D eigenvalue weighted by Gasteiger charge is 1.98. The van der Waals surface area contributed by atoms with Gasteiger partial charge in [-0.05, 0) is 29.9 Å². The van der Waals surface area contributed by atoms with Gasteiger partial charge in [-0.2, -0.15) is 0 Å². The summed E-state index contributed by atoms with van der Waals surface area (Å²) >= 11 is 6.56. The molecule has 66 valence electrons. The third-order valence-electron chi connectivity index (χ3n) is 1.72. The predicted octanol–water partition coefficient (Wildman–Crippen LogP) is 3.05. The second-order valence-corrected chi connectivity index (χ2v) is 4.38. The Labute approximate surface area is 85.0 Å². The van der Waals surface area contributed by atoms with E-state index in [0.29, 0.717) is 0 Å². The monoisotopic (exact) mass is 208 g/mol. The fourth-order valence-corrected chi connectivity index (χ4v) is 2.09. The van der Waals surface area contributed by atoms with Gasteiger partial charge in [0.05, 0.1) is 4.88 Å². The number of thiazole rings is 1. The molecule has 2 aromatic rings. The molecule has 4 heteroatoms. The standard InChI is InChI=1S/C9H8N2S2/c10-7-3-1-6(2-4-7)8-5-11-9(12)13-8/h1-5H,10H2,(H,11,12). The van der Waals surface area contributed by atoms with Crippen LogP contribution in [0.25, 0.3) is 10.4 Å². The number of aromatic amines is 1. The molecule has 2 nitrogen and oxygen atoms in total. The van der Waals surface area contributed by atoms with E-state index in [9.17, 15) is 0 Å². The molecule has 13 heavy (non-hydrogen) atoms. The molecule has 0 aliphatic rings. The van der Waals surface area contributed by atoms with Gasteiger partial charge in [0.1, 0.15) is 0 Å². The Balaban J connectivity index is 2.47. The minimum Gasteiger partial charge on any atom is -0.399 e. The van der Waals surface area contributed by atoms with Crippen LogP contribution in [0.4, 0.5) is 5.69 Å². The Morgan fingerprint density at radius 2 is 1.92 bits per heavy atom. The van der Waals surface area contributed by atoms with Gasteiger partial charge < -0.3 is 10.7 Å². The van der Waals surface area contributed by atoms with Crippen molar-refractivity contribution < 1.29 is 0 Å². The zero-order valence-electron chi connectivity index (χ0n) is 6.78. The van der Waals surface area contributed by atoms with Gasteiger partial charge in [0.15, 0.2) is 3.95 Å². The van der Waals surface area contributed by atoms with Gasteiger partial charge in [-0.15, -0.1) is 11.3 Å². The molecule has 2 rings (SSSR count). The molecule has 0 fully saturated rings. The Bertz CT molecular complexity index is 453. The smallest absolute Gasteiger partial charge is 0.158 e. The number of benzene rings is 1. The Kier molecular flexibility index (Phi) is 2.16. The number of anilines is 1.